The quantitative estimate of drug-likeness (QED) is 0.940. The Kier molecular flexibility index (Phi) is 5.16. The van der Waals surface area contributed by atoms with Crippen LogP contribution in [0.25, 0.3) is 0 Å². The number of ether oxygens (including phenoxy) is 1. The third kappa shape index (κ3) is 3.95. The maximum atomic E-state index is 12.6. The average molecular weight is 324 g/mol. The van der Waals surface area contributed by atoms with Crippen LogP contribution < -0.4 is 10.5 Å². The lowest BCUT2D eigenvalue weighted by Gasteiger charge is -2.33. The standard InChI is InChI=1S/C20H24N2O2/c1-15-7-9-17(10-8-15)24-18-11-13-22(14-12-18)20(23)19(21)16-5-3-2-4-6-16/h2-10,18-19H,11-14,21H2,1H3/t19-/m0/s1. The van der Waals surface area contributed by atoms with Crippen LogP contribution in [0.15, 0.2) is 54.6 Å². The number of amides is 1. The summed E-state index contributed by atoms with van der Waals surface area (Å²) in [5.74, 6) is 0.890. The van der Waals surface area contributed by atoms with Crippen molar-refractivity contribution in [1.29, 1.82) is 0 Å². The van der Waals surface area contributed by atoms with Gasteiger partial charge in [0.05, 0.1) is 0 Å². The lowest BCUT2D eigenvalue weighted by molar-refractivity contribution is -0.134. The van der Waals surface area contributed by atoms with E-state index in [9.17, 15) is 4.79 Å². The molecule has 1 heterocycles. The maximum Gasteiger partial charge on any atom is 0.244 e. The van der Waals surface area contributed by atoms with E-state index < -0.39 is 6.04 Å². The van der Waals surface area contributed by atoms with Crippen molar-refractivity contribution in [2.45, 2.75) is 31.9 Å². The molecule has 3 rings (SSSR count). The predicted molar refractivity (Wildman–Crippen MR) is 94.8 cm³/mol. The minimum absolute atomic E-state index is 0.00464. The van der Waals surface area contributed by atoms with Gasteiger partial charge in [-0.05, 0) is 24.6 Å². The molecule has 0 spiro atoms. The SMILES string of the molecule is Cc1ccc(OC2CCN(C(=O)[C@@H](N)c3ccccc3)CC2)cc1. The molecule has 4 nitrogen and oxygen atoms in total. The molecule has 1 aliphatic rings. The predicted octanol–water partition coefficient (Wildman–Crippen LogP) is 3.06. The second-order valence-corrected chi connectivity index (χ2v) is 6.34. The highest BCUT2D eigenvalue weighted by Crippen LogP contribution is 2.21. The Morgan fingerprint density at radius 3 is 2.33 bits per heavy atom. The fraction of sp³-hybridized carbons (Fsp3) is 0.350. The molecule has 1 atom stereocenters. The van der Waals surface area contributed by atoms with Gasteiger partial charge in [0.1, 0.15) is 17.9 Å². The van der Waals surface area contributed by atoms with Crippen molar-refractivity contribution in [3.05, 3.63) is 65.7 Å². The van der Waals surface area contributed by atoms with Crippen LogP contribution in [-0.4, -0.2) is 30.0 Å². The number of nitrogens with zero attached hydrogens (tertiary/aromatic N) is 1. The first-order valence-corrected chi connectivity index (χ1v) is 8.46. The summed E-state index contributed by atoms with van der Waals surface area (Å²) in [7, 11) is 0. The van der Waals surface area contributed by atoms with Crippen LogP contribution in [0.5, 0.6) is 5.75 Å². The number of likely N-dealkylation sites (tertiary alicyclic amines) is 1. The van der Waals surface area contributed by atoms with Crippen molar-refractivity contribution in [3.63, 3.8) is 0 Å². The number of benzene rings is 2. The highest BCUT2D eigenvalue weighted by atomic mass is 16.5. The molecule has 0 aromatic heterocycles. The summed E-state index contributed by atoms with van der Waals surface area (Å²) in [4.78, 5) is 14.4. The number of hydrogen-bond acceptors (Lipinski definition) is 3. The van der Waals surface area contributed by atoms with Crippen molar-refractivity contribution >= 4 is 5.91 Å². The summed E-state index contributed by atoms with van der Waals surface area (Å²) in [6.45, 7) is 3.44. The van der Waals surface area contributed by atoms with E-state index in [1.165, 1.54) is 5.56 Å². The topological polar surface area (TPSA) is 55.6 Å². The summed E-state index contributed by atoms with van der Waals surface area (Å²) >= 11 is 0. The highest BCUT2D eigenvalue weighted by Gasteiger charge is 2.27. The van der Waals surface area contributed by atoms with Crippen molar-refractivity contribution in [1.82, 2.24) is 4.90 Å². The highest BCUT2D eigenvalue weighted by molar-refractivity contribution is 5.83. The Morgan fingerprint density at radius 1 is 1.08 bits per heavy atom. The molecule has 24 heavy (non-hydrogen) atoms. The normalized spacial score (nSPS) is 16.7. The molecule has 0 aliphatic carbocycles. The van der Waals surface area contributed by atoms with E-state index in [0.717, 1.165) is 24.2 Å². The van der Waals surface area contributed by atoms with Gasteiger partial charge >= 0.3 is 0 Å². The zero-order chi connectivity index (χ0) is 16.9. The number of aryl methyl sites for hydroxylation is 1. The van der Waals surface area contributed by atoms with E-state index in [1.807, 2.05) is 59.5 Å². The van der Waals surface area contributed by atoms with Gasteiger partial charge in [0.15, 0.2) is 0 Å². The van der Waals surface area contributed by atoms with Crippen LogP contribution in [-0.2, 0) is 4.79 Å². The van der Waals surface area contributed by atoms with Gasteiger partial charge < -0.3 is 15.4 Å². The lowest BCUT2D eigenvalue weighted by atomic mass is 10.0. The molecule has 2 aromatic rings. The zero-order valence-corrected chi connectivity index (χ0v) is 14.0. The molecule has 2 aromatic carbocycles. The smallest absolute Gasteiger partial charge is 0.244 e. The first kappa shape index (κ1) is 16.5. The number of carbonyl (C=O) groups excluding carboxylic acids is 1. The minimum atomic E-state index is -0.583. The van der Waals surface area contributed by atoms with E-state index in [4.69, 9.17) is 10.5 Å². The average Bonchev–Trinajstić information content (AvgIpc) is 2.64. The van der Waals surface area contributed by atoms with Crippen LogP contribution >= 0.6 is 0 Å². The van der Waals surface area contributed by atoms with Crippen LogP contribution in [0.3, 0.4) is 0 Å². The third-order valence-corrected chi connectivity index (χ3v) is 4.50. The molecule has 1 amide bonds. The molecule has 0 radical (unpaired) electrons. The molecule has 1 aliphatic heterocycles. The summed E-state index contributed by atoms with van der Waals surface area (Å²) in [5, 5.41) is 0. The number of carbonyl (C=O) groups is 1. The van der Waals surface area contributed by atoms with Crippen LogP contribution in [0.4, 0.5) is 0 Å². The van der Waals surface area contributed by atoms with Crippen molar-refractivity contribution in [2.75, 3.05) is 13.1 Å². The van der Waals surface area contributed by atoms with Gasteiger partial charge in [-0.1, -0.05) is 48.0 Å². The van der Waals surface area contributed by atoms with E-state index in [-0.39, 0.29) is 12.0 Å². The van der Waals surface area contributed by atoms with Crippen molar-refractivity contribution in [2.24, 2.45) is 5.73 Å². The fourth-order valence-corrected chi connectivity index (χ4v) is 3.00. The summed E-state index contributed by atoms with van der Waals surface area (Å²) in [6, 6.07) is 17.0. The third-order valence-electron chi connectivity index (χ3n) is 4.50. The van der Waals surface area contributed by atoms with Crippen molar-refractivity contribution in [3.8, 4) is 5.75 Å². The van der Waals surface area contributed by atoms with Crippen molar-refractivity contribution < 1.29 is 9.53 Å². The minimum Gasteiger partial charge on any atom is -0.490 e. The second kappa shape index (κ2) is 7.49. The largest absolute Gasteiger partial charge is 0.490 e. The Bertz CT molecular complexity index is 662. The van der Waals surface area contributed by atoms with E-state index in [1.54, 1.807) is 0 Å². The number of nitrogens with two attached hydrogens (primary N) is 1. The zero-order valence-electron chi connectivity index (χ0n) is 14.0. The van der Waals surface area contributed by atoms with E-state index >= 15 is 0 Å². The monoisotopic (exact) mass is 324 g/mol. The molecule has 1 saturated heterocycles. The first-order chi connectivity index (χ1) is 11.6. The molecule has 0 saturated carbocycles. The van der Waals surface area contributed by atoms with Crippen LogP contribution in [0.1, 0.15) is 30.0 Å². The van der Waals surface area contributed by atoms with Gasteiger partial charge in [-0.15, -0.1) is 0 Å². The lowest BCUT2D eigenvalue weighted by Crippen LogP contribution is -2.45. The van der Waals surface area contributed by atoms with Crippen LogP contribution in [0.2, 0.25) is 0 Å². The van der Waals surface area contributed by atoms with Crippen LogP contribution in [0, 0.1) is 6.92 Å². The molecular weight excluding hydrogens is 300 g/mol. The van der Waals surface area contributed by atoms with Gasteiger partial charge in [-0.2, -0.15) is 0 Å². The number of rotatable bonds is 4. The first-order valence-electron chi connectivity index (χ1n) is 8.46. The second-order valence-electron chi connectivity index (χ2n) is 6.34. The number of piperidine rings is 1. The summed E-state index contributed by atoms with van der Waals surface area (Å²) in [5.41, 5.74) is 8.20. The Hall–Kier alpha value is -2.33. The van der Waals surface area contributed by atoms with Gasteiger partial charge in [0, 0.05) is 25.9 Å². The maximum absolute atomic E-state index is 12.6. The molecule has 0 bridgehead atoms. The Balaban J connectivity index is 1.53. The molecule has 126 valence electrons. The molecule has 0 unspecified atom stereocenters. The number of hydrogen-bond donors (Lipinski definition) is 1. The van der Waals surface area contributed by atoms with Gasteiger partial charge in [-0.25, -0.2) is 0 Å². The van der Waals surface area contributed by atoms with Gasteiger partial charge in [0.2, 0.25) is 5.91 Å². The van der Waals surface area contributed by atoms with E-state index in [2.05, 4.69) is 6.92 Å². The molecule has 4 heteroatoms. The van der Waals surface area contributed by atoms with Gasteiger partial charge in [0.25, 0.3) is 0 Å². The molecular formula is C20H24N2O2. The van der Waals surface area contributed by atoms with Gasteiger partial charge in [-0.3, -0.25) is 4.79 Å². The Labute approximate surface area is 143 Å². The fourth-order valence-electron chi connectivity index (χ4n) is 3.00. The molecule has 2 N–H and O–H groups in total. The summed E-state index contributed by atoms with van der Waals surface area (Å²) in [6.07, 6.45) is 1.83. The molecule has 1 fully saturated rings. The van der Waals surface area contributed by atoms with E-state index in [0.29, 0.717) is 13.1 Å². The summed E-state index contributed by atoms with van der Waals surface area (Å²) < 4.78 is 6.01. The Morgan fingerprint density at radius 2 is 1.71 bits per heavy atom.